The maximum Gasteiger partial charge on any atom is 0.0508 e. The maximum atomic E-state index is 3.66. The second-order valence-electron chi connectivity index (χ2n) is 6.79. The molecule has 1 aliphatic rings. The van der Waals surface area contributed by atoms with E-state index in [1.165, 1.54) is 28.1 Å². The van der Waals surface area contributed by atoms with E-state index in [0.29, 0.717) is 12.0 Å². The zero-order chi connectivity index (χ0) is 17.7. The summed E-state index contributed by atoms with van der Waals surface area (Å²) >= 11 is 0. The largest absolute Gasteiger partial charge is 0.387 e. The van der Waals surface area contributed by atoms with Crippen LogP contribution in [0.5, 0.6) is 0 Å². The molecule has 0 aliphatic carbocycles. The van der Waals surface area contributed by atoms with E-state index in [9.17, 15) is 0 Å². The van der Waals surface area contributed by atoms with Crippen molar-refractivity contribution in [2.24, 2.45) is 5.92 Å². The second-order valence-corrected chi connectivity index (χ2v) is 6.79. The highest BCUT2D eigenvalue weighted by Gasteiger charge is 2.31. The lowest BCUT2D eigenvalue weighted by molar-refractivity contribution is 0.240. The van der Waals surface area contributed by atoms with Crippen LogP contribution in [0.1, 0.15) is 58.6 Å². The van der Waals surface area contributed by atoms with Gasteiger partial charge in [0.2, 0.25) is 0 Å². The standard InChI is InChI=1S/C21H33N3/c1-7-9-11-17-12-10-13-18(20(17)22-6)19-16(5)23-24(14-8-2)21(19)15(3)4/h9-13,15-16,22-23H,7-8,14H2,1-6H3/b11-9-. The van der Waals surface area contributed by atoms with Gasteiger partial charge in [0.25, 0.3) is 0 Å². The Balaban J connectivity index is 2.61. The monoisotopic (exact) mass is 327 g/mol. The summed E-state index contributed by atoms with van der Waals surface area (Å²) in [6, 6.07) is 6.94. The molecule has 1 unspecified atom stereocenters. The quantitative estimate of drug-likeness (QED) is 0.726. The molecule has 1 aromatic rings. The molecule has 0 fully saturated rings. The summed E-state index contributed by atoms with van der Waals surface area (Å²) in [5.74, 6) is 0.489. The summed E-state index contributed by atoms with van der Waals surface area (Å²) in [6.45, 7) is 12.3. The van der Waals surface area contributed by atoms with Crippen molar-refractivity contribution in [1.29, 1.82) is 0 Å². The van der Waals surface area contributed by atoms with Crippen LogP contribution >= 0.6 is 0 Å². The Kier molecular flexibility index (Phi) is 6.50. The molecule has 1 aromatic carbocycles. The predicted molar refractivity (Wildman–Crippen MR) is 107 cm³/mol. The van der Waals surface area contributed by atoms with Crippen molar-refractivity contribution >= 4 is 17.3 Å². The Hall–Kier alpha value is -1.74. The highest BCUT2D eigenvalue weighted by Crippen LogP contribution is 2.38. The number of benzene rings is 1. The zero-order valence-electron chi connectivity index (χ0n) is 16.1. The molecule has 24 heavy (non-hydrogen) atoms. The number of rotatable bonds is 7. The Morgan fingerprint density at radius 3 is 2.62 bits per heavy atom. The molecule has 1 heterocycles. The fourth-order valence-electron chi connectivity index (χ4n) is 3.59. The summed E-state index contributed by atoms with van der Waals surface area (Å²) in [4.78, 5) is 0. The summed E-state index contributed by atoms with van der Waals surface area (Å²) in [5, 5.41) is 5.80. The molecule has 0 saturated carbocycles. The molecule has 2 rings (SSSR count). The van der Waals surface area contributed by atoms with Gasteiger partial charge in [-0.3, -0.25) is 0 Å². The van der Waals surface area contributed by atoms with Crippen LogP contribution in [0, 0.1) is 5.92 Å². The van der Waals surface area contributed by atoms with Crippen molar-refractivity contribution in [3.8, 4) is 0 Å². The van der Waals surface area contributed by atoms with Gasteiger partial charge in [-0.05, 0) is 31.2 Å². The highest BCUT2D eigenvalue weighted by molar-refractivity contribution is 5.86. The lowest BCUT2D eigenvalue weighted by atomic mass is 9.91. The van der Waals surface area contributed by atoms with Gasteiger partial charge in [0.1, 0.15) is 0 Å². The van der Waals surface area contributed by atoms with Gasteiger partial charge in [0.15, 0.2) is 0 Å². The van der Waals surface area contributed by atoms with Gasteiger partial charge in [-0.15, -0.1) is 0 Å². The van der Waals surface area contributed by atoms with Crippen LogP contribution in [-0.4, -0.2) is 24.6 Å². The molecular formula is C21H33N3. The summed E-state index contributed by atoms with van der Waals surface area (Å²) in [7, 11) is 2.02. The molecule has 0 aromatic heterocycles. The van der Waals surface area contributed by atoms with Crippen molar-refractivity contribution in [3.05, 3.63) is 41.1 Å². The van der Waals surface area contributed by atoms with Gasteiger partial charge in [-0.2, -0.15) is 0 Å². The average Bonchev–Trinajstić information content (AvgIpc) is 2.88. The van der Waals surface area contributed by atoms with Crippen LogP contribution in [-0.2, 0) is 0 Å². The van der Waals surface area contributed by atoms with E-state index in [2.05, 4.69) is 80.7 Å². The van der Waals surface area contributed by atoms with Gasteiger partial charge in [-0.1, -0.05) is 58.0 Å². The molecular weight excluding hydrogens is 294 g/mol. The minimum atomic E-state index is 0.325. The van der Waals surface area contributed by atoms with E-state index >= 15 is 0 Å². The molecule has 0 radical (unpaired) electrons. The van der Waals surface area contributed by atoms with E-state index in [4.69, 9.17) is 0 Å². The number of hydrazine groups is 1. The number of hydrogen-bond donors (Lipinski definition) is 2. The van der Waals surface area contributed by atoms with Crippen LogP contribution in [0.15, 0.2) is 30.0 Å². The van der Waals surface area contributed by atoms with Crippen LogP contribution < -0.4 is 10.7 Å². The number of nitrogens with zero attached hydrogens (tertiary/aromatic N) is 1. The predicted octanol–water partition coefficient (Wildman–Crippen LogP) is 5.14. The minimum absolute atomic E-state index is 0.325. The zero-order valence-corrected chi connectivity index (χ0v) is 16.1. The lowest BCUT2D eigenvalue weighted by Crippen LogP contribution is -2.37. The number of anilines is 1. The van der Waals surface area contributed by atoms with Crippen LogP contribution in [0.3, 0.4) is 0 Å². The van der Waals surface area contributed by atoms with Gasteiger partial charge in [0, 0.05) is 36.1 Å². The fourth-order valence-corrected chi connectivity index (χ4v) is 3.59. The van der Waals surface area contributed by atoms with E-state index < -0.39 is 0 Å². The van der Waals surface area contributed by atoms with E-state index in [1.807, 2.05) is 7.05 Å². The van der Waals surface area contributed by atoms with Gasteiger partial charge < -0.3 is 10.3 Å². The summed E-state index contributed by atoms with van der Waals surface area (Å²) in [6.07, 6.45) is 6.64. The van der Waals surface area contributed by atoms with E-state index in [-0.39, 0.29) is 0 Å². The number of nitrogens with one attached hydrogen (secondary N) is 2. The third-order valence-electron chi connectivity index (χ3n) is 4.51. The first-order valence-electron chi connectivity index (χ1n) is 9.30. The first kappa shape index (κ1) is 18.6. The molecule has 3 heteroatoms. The van der Waals surface area contributed by atoms with Crippen LogP contribution in [0.2, 0.25) is 0 Å². The number of allylic oxidation sites excluding steroid dienone is 2. The Labute approximate surface area is 147 Å². The fraction of sp³-hybridized carbons (Fsp3) is 0.524. The first-order chi connectivity index (χ1) is 11.5. The van der Waals surface area contributed by atoms with Crippen molar-refractivity contribution in [2.75, 3.05) is 18.9 Å². The summed E-state index contributed by atoms with van der Waals surface area (Å²) < 4.78 is 0. The van der Waals surface area contributed by atoms with Gasteiger partial charge in [0.05, 0.1) is 6.04 Å². The summed E-state index contributed by atoms with van der Waals surface area (Å²) in [5.41, 5.74) is 10.3. The third kappa shape index (κ3) is 3.67. The Morgan fingerprint density at radius 2 is 2.04 bits per heavy atom. The Bertz CT molecular complexity index is 614. The number of para-hydroxylation sites is 1. The molecule has 0 saturated heterocycles. The first-order valence-corrected chi connectivity index (χ1v) is 9.30. The maximum absolute atomic E-state index is 3.66. The molecule has 1 atom stereocenters. The van der Waals surface area contributed by atoms with Gasteiger partial charge in [-0.25, -0.2) is 5.43 Å². The molecule has 2 N–H and O–H groups in total. The van der Waals surface area contributed by atoms with Crippen molar-refractivity contribution < 1.29 is 0 Å². The SMILES string of the molecule is CC/C=C\c1cccc(C2=C(C(C)C)N(CCC)NC2C)c1NC. The topological polar surface area (TPSA) is 27.3 Å². The van der Waals surface area contributed by atoms with Crippen molar-refractivity contribution in [2.45, 2.75) is 53.5 Å². The van der Waals surface area contributed by atoms with Crippen molar-refractivity contribution in [3.63, 3.8) is 0 Å². The molecule has 132 valence electrons. The second kappa shape index (κ2) is 8.39. The van der Waals surface area contributed by atoms with Gasteiger partial charge >= 0.3 is 0 Å². The van der Waals surface area contributed by atoms with Crippen LogP contribution in [0.25, 0.3) is 11.6 Å². The average molecular weight is 328 g/mol. The molecule has 0 bridgehead atoms. The minimum Gasteiger partial charge on any atom is -0.387 e. The highest BCUT2D eigenvalue weighted by atomic mass is 15.5. The number of hydrogen-bond acceptors (Lipinski definition) is 3. The molecule has 0 amide bonds. The van der Waals surface area contributed by atoms with Crippen LogP contribution in [0.4, 0.5) is 5.69 Å². The third-order valence-corrected chi connectivity index (χ3v) is 4.51. The Morgan fingerprint density at radius 1 is 1.29 bits per heavy atom. The van der Waals surface area contributed by atoms with E-state index in [1.54, 1.807) is 0 Å². The smallest absolute Gasteiger partial charge is 0.0508 e. The lowest BCUT2D eigenvalue weighted by Gasteiger charge is -2.25. The van der Waals surface area contributed by atoms with E-state index in [0.717, 1.165) is 19.4 Å². The molecule has 1 aliphatic heterocycles. The van der Waals surface area contributed by atoms with Crippen molar-refractivity contribution in [1.82, 2.24) is 10.4 Å². The normalized spacial score (nSPS) is 18.3. The molecule has 3 nitrogen and oxygen atoms in total. The molecule has 0 spiro atoms.